The number of rotatable bonds is 5. The number of aryl methyl sites for hydroxylation is 1. The Labute approximate surface area is 140 Å². The molecule has 3 rings (SSSR count). The van der Waals surface area contributed by atoms with Crippen LogP contribution in [0.3, 0.4) is 0 Å². The topological polar surface area (TPSA) is 64.4 Å². The second-order valence-corrected chi connectivity index (χ2v) is 5.95. The number of carbonyl (C=O) groups is 1. The van der Waals surface area contributed by atoms with Crippen LogP contribution in [0.4, 0.5) is 5.69 Å². The fourth-order valence-electron chi connectivity index (χ4n) is 2.48. The van der Waals surface area contributed by atoms with Gasteiger partial charge in [-0.1, -0.05) is 6.07 Å². The van der Waals surface area contributed by atoms with E-state index in [4.69, 9.17) is 9.15 Å². The third-order valence-corrected chi connectivity index (χ3v) is 3.43. The van der Waals surface area contributed by atoms with E-state index in [9.17, 15) is 4.79 Å². The maximum absolute atomic E-state index is 12.2. The standard InChI is InChI=1S/C19H20N2O3/c1-12(2)23-16-7-5-15(6-8-16)21-19(22)11-14-4-9-18-17(10-14)20-13(3)24-18/h4-10,12H,11H2,1-3H3,(H,21,22). The lowest BCUT2D eigenvalue weighted by Crippen LogP contribution is -2.14. The highest BCUT2D eigenvalue weighted by Crippen LogP contribution is 2.19. The van der Waals surface area contributed by atoms with E-state index in [2.05, 4.69) is 10.3 Å². The molecule has 0 radical (unpaired) electrons. The molecule has 0 atom stereocenters. The molecule has 1 N–H and O–H groups in total. The molecule has 0 aliphatic heterocycles. The molecule has 0 aliphatic rings. The van der Waals surface area contributed by atoms with Gasteiger partial charge in [-0.05, 0) is 55.8 Å². The number of ether oxygens (including phenoxy) is 1. The smallest absolute Gasteiger partial charge is 0.228 e. The summed E-state index contributed by atoms with van der Waals surface area (Å²) in [7, 11) is 0. The number of anilines is 1. The van der Waals surface area contributed by atoms with Crippen molar-refractivity contribution in [1.82, 2.24) is 4.98 Å². The van der Waals surface area contributed by atoms with Crippen molar-refractivity contribution in [2.45, 2.75) is 33.3 Å². The number of nitrogens with zero attached hydrogens (tertiary/aromatic N) is 1. The first-order valence-electron chi connectivity index (χ1n) is 7.92. The Kier molecular flexibility index (Phi) is 4.51. The molecule has 1 heterocycles. The number of oxazole rings is 1. The zero-order valence-corrected chi connectivity index (χ0v) is 14.0. The molecule has 0 fully saturated rings. The van der Waals surface area contributed by atoms with Crippen LogP contribution < -0.4 is 10.1 Å². The van der Waals surface area contributed by atoms with Crippen molar-refractivity contribution in [2.75, 3.05) is 5.32 Å². The van der Waals surface area contributed by atoms with Gasteiger partial charge in [-0.3, -0.25) is 4.79 Å². The van der Waals surface area contributed by atoms with Gasteiger partial charge in [-0.2, -0.15) is 0 Å². The molecular weight excluding hydrogens is 304 g/mol. The summed E-state index contributed by atoms with van der Waals surface area (Å²) in [5.74, 6) is 1.33. The van der Waals surface area contributed by atoms with Gasteiger partial charge >= 0.3 is 0 Å². The zero-order valence-electron chi connectivity index (χ0n) is 14.0. The fourth-order valence-corrected chi connectivity index (χ4v) is 2.48. The number of fused-ring (bicyclic) bond motifs is 1. The average Bonchev–Trinajstić information content (AvgIpc) is 2.88. The second-order valence-electron chi connectivity index (χ2n) is 5.95. The molecule has 5 heteroatoms. The van der Waals surface area contributed by atoms with Crippen molar-refractivity contribution in [3.05, 3.63) is 53.9 Å². The largest absolute Gasteiger partial charge is 0.491 e. The van der Waals surface area contributed by atoms with Crippen molar-refractivity contribution < 1.29 is 13.9 Å². The number of amides is 1. The molecule has 0 spiro atoms. The zero-order chi connectivity index (χ0) is 17.1. The van der Waals surface area contributed by atoms with Crippen LogP contribution in [0.15, 0.2) is 46.9 Å². The first-order chi connectivity index (χ1) is 11.5. The molecule has 3 aromatic rings. The molecule has 0 bridgehead atoms. The van der Waals surface area contributed by atoms with E-state index in [-0.39, 0.29) is 18.4 Å². The van der Waals surface area contributed by atoms with Gasteiger partial charge in [0.1, 0.15) is 11.3 Å². The summed E-state index contributed by atoms with van der Waals surface area (Å²) in [5, 5.41) is 2.89. The lowest BCUT2D eigenvalue weighted by atomic mass is 10.1. The Morgan fingerprint density at radius 2 is 1.96 bits per heavy atom. The summed E-state index contributed by atoms with van der Waals surface area (Å²) in [4.78, 5) is 16.5. The Morgan fingerprint density at radius 1 is 1.21 bits per heavy atom. The van der Waals surface area contributed by atoms with E-state index in [1.54, 1.807) is 6.92 Å². The highest BCUT2D eigenvalue weighted by molar-refractivity contribution is 5.92. The minimum absolute atomic E-state index is 0.0768. The van der Waals surface area contributed by atoms with Gasteiger partial charge in [0.25, 0.3) is 0 Å². The third kappa shape index (κ3) is 3.93. The first kappa shape index (κ1) is 16.1. The van der Waals surface area contributed by atoms with Crippen LogP contribution in [0.1, 0.15) is 25.3 Å². The Morgan fingerprint density at radius 3 is 2.67 bits per heavy atom. The van der Waals surface area contributed by atoms with Gasteiger partial charge in [0.2, 0.25) is 5.91 Å². The first-order valence-corrected chi connectivity index (χ1v) is 7.92. The maximum atomic E-state index is 12.2. The highest BCUT2D eigenvalue weighted by atomic mass is 16.5. The molecule has 0 saturated carbocycles. The van der Waals surface area contributed by atoms with Crippen LogP contribution >= 0.6 is 0 Å². The lowest BCUT2D eigenvalue weighted by Gasteiger charge is -2.10. The Hall–Kier alpha value is -2.82. The number of hydrogen-bond donors (Lipinski definition) is 1. The summed E-state index contributed by atoms with van der Waals surface area (Å²) < 4.78 is 11.0. The third-order valence-electron chi connectivity index (χ3n) is 3.43. The van der Waals surface area contributed by atoms with Crippen LogP contribution in [-0.2, 0) is 11.2 Å². The summed E-state index contributed by atoms with van der Waals surface area (Å²) in [5.41, 5.74) is 3.15. The van der Waals surface area contributed by atoms with Gasteiger partial charge in [0.05, 0.1) is 12.5 Å². The summed E-state index contributed by atoms with van der Waals surface area (Å²) in [6.07, 6.45) is 0.409. The minimum Gasteiger partial charge on any atom is -0.491 e. The number of hydrogen-bond acceptors (Lipinski definition) is 4. The monoisotopic (exact) mass is 324 g/mol. The predicted molar refractivity (Wildman–Crippen MR) is 93.3 cm³/mol. The minimum atomic E-state index is -0.0768. The van der Waals surface area contributed by atoms with Crippen LogP contribution in [0, 0.1) is 6.92 Å². The van der Waals surface area contributed by atoms with Gasteiger partial charge in [-0.15, -0.1) is 0 Å². The molecule has 124 valence electrons. The summed E-state index contributed by atoms with van der Waals surface area (Å²) >= 11 is 0. The number of carbonyl (C=O) groups excluding carboxylic acids is 1. The second kappa shape index (κ2) is 6.74. The highest BCUT2D eigenvalue weighted by Gasteiger charge is 2.08. The maximum Gasteiger partial charge on any atom is 0.228 e. The molecular formula is C19H20N2O3. The number of aromatic nitrogens is 1. The Bertz CT molecular complexity index is 851. The van der Waals surface area contributed by atoms with Crippen LogP contribution in [-0.4, -0.2) is 17.0 Å². The molecule has 0 saturated heterocycles. The van der Waals surface area contributed by atoms with Crippen molar-refractivity contribution in [3.63, 3.8) is 0 Å². The number of benzene rings is 2. The fraction of sp³-hybridized carbons (Fsp3) is 0.263. The predicted octanol–water partition coefficient (Wildman–Crippen LogP) is 4.10. The molecule has 1 amide bonds. The van der Waals surface area contributed by atoms with E-state index >= 15 is 0 Å². The van der Waals surface area contributed by atoms with Gasteiger partial charge in [-0.25, -0.2) is 4.98 Å². The van der Waals surface area contributed by atoms with Crippen molar-refractivity contribution >= 4 is 22.7 Å². The van der Waals surface area contributed by atoms with Gasteiger partial charge < -0.3 is 14.5 Å². The van der Waals surface area contributed by atoms with E-state index in [0.717, 1.165) is 28.1 Å². The molecule has 0 aliphatic carbocycles. The van der Waals surface area contributed by atoms with Crippen molar-refractivity contribution in [2.24, 2.45) is 0 Å². The van der Waals surface area contributed by atoms with E-state index in [1.807, 2.05) is 56.3 Å². The molecule has 1 aromatic heterocycles. The van der Waals surface area contributed by atoms with Crippen molar-refractivity contribution in [1.29, 1.82) is 0 Å². The summed E-state index contributed by atoms with van der Waals surface area (Å²) in [6, 6.07) is 13.0. The quantitative estimate of drug-likeness (QED) is 0.767. The molecule has 2 aromatic carbocycles. The average molecular weight is 324 g/mol. The van der Waals surface area contributed by atoms with Crippen LogP contribution in [0.25, 0.3) is 11.1 Å². The molecule has 0 unspecified atom stereocenters. The number of nitrogens with one attached hydrogen (secondary N) is 1. The Balaban J connectivity index is 1.63. The van der Waals surface area contributed by atoms with Crippen molar-refractivity contribution in [3.8, 4) is 5.75 Å². The van der Waals surface area contributed by atoms with Crippen LogP contribution in [0.2, 0.25) is 0 Å². The van der Waals surface area contributed by atoms with Gasteiger partial charge in [0, 0.05) is 12.6 Å². The molecule has 5 nitrogen and oxygen atoms in total. The lowest BCUT2D eigenvalue weighted by molar-refractivity contribution is -0.115. The van der Waals surface area contributed by atoms with Crippen LogP contribution in [0.5, 0.6) is 5.75 Å². The normalized spacial score (nSPS) is 11.0. The SMILES string of the molecule is Cc1nc2cc(CC(=O)Nc3ccc(OC(C)C)cc3)ccc2o1. The van der Waals surface area contributed by atoms with E-state index in [0.29, 0.717) is 5.89 Å². The van der Waals surface area contributed by atoms with E-state index < -0.39 is 0 Å². The molecule has 24 heavy (non-hydrogen) atoms. The van der Waals surface area contributed by atoms with Gasteiger partial charge in [0.15, 0.2) is 11.5 Å². The summed E-state index contributed by atoms with van der Waals surface area (Å²) in [6.45, 7) is 5.75. The van der Waals surface area contributed by atoms with E-state index in [1.165, 1.54) is 0 Å².